The molecule has 0 unspecified atom stereocenters. The third-order valence-corrected chi connectivity index (χ3v) is 4.41. The molecule has 3 aromatic rings. The summed E-state index contributed by atoms with van der Waals surface area (Å²) in [5.74, 6) is 0.596. The normalized spacial score (nSPS) is 11.9. The van der Waals surface area contributed by atoms with Crippen molar-refractivity contribution in [1.82, 2.24) is 4.98 Å². The summed E-state index contributed by atoms with van der Waals surface area (Å²) in [6, 6.07) is 14.0. The summed E-state index contributed by atoms with van der Waals surface area (Å²) in [6.45, 7) is 0. The van der Waals surface area contributed by atoms with E-state index in [0.717, 1.165) is 23.8 Å². The molecule has 0 aliphatic heterocycles. The second kappa shape index (κ2) is 5.31. The Morgan fingerprint density at radius 3 is 2.48 bits per heavy atom. The highest BCUT2D eigenvalue weighted by atomic mass is 32.2. The minimum Gasteiger partial charge on any atom is -0.440 e. The van der Waals surface area contributed by atoms with Gasteiger partial charge in [-0.3, -0.25) is 4.18 Å². The fraction of sp³-hybridized carbons (Fsp3) is 0.133. The van der Waals surface area contributed by atoms with Crippen LogP contribution in [0.4, 0.5) is 0 Å². The molecular weight excluding hydrogens is 290 g/mol. The highest BCUT2D eigenvalue weighted by molar-refractivity contribution is 7.86. The number of oxazole rings is 1. The second-order valence-corrected chi connectivity index (χ2v) is 6.23. The number of para-hydroxylation sites is 2. The Hall–Kier alpha value is -2.18. The van der Waals surface area contributed by atoms with Crippen molar-refractivity contribution in [3.63, 3.8) is 0 Å². The molecule has 0 radical (unpaired) electrons. The number of hydrogen-bond donors (Lipinski definition) is 0. The van der Waals surface area contributed by atoms with Gasteiger partial charge in [-0.2, -0.15) is 8.42 Å². The molecule has 0 saturated heterocycles. The van der Waals surface area contributed by atoms with Gasteiger partial charge in [0.2, 0.25) is 0 Å². The highest BCUT2D eigenvalue weighted by Crippen LogP contribution is 2.19. The fourth-order valence-electron chi connectivity index (χ4n) is 2.04. The lowest BCUT2D eigenvalue weighted by atomic mass is 10.1. The summed E-state index contributed by atoms with van der Waals surface area (Å²) in [5, 5.41) is 0. The van der Waals surface area contributed by atoms with Gasteiger partial charge in [0, 0.05) is 6.42 Å². The van der Waals surface area contributed by atoms with Gasteiger partial charge >= 0.3 is 0 Å². The number of fused-ring (bicyclic) bond motifs is 1. The average Bonchev–Trinajstić information content (AvgIpc) is 2.90. The Morgan fingerprint density at radius 1 is 1.10 bits per heavy atom. The zero-order chi connectivity index (χ0) is 14.9. The maximum absolute atomic E-state index is 11.5. The van der Waals surface area contributed by atoms with E-state index in [4.69, 9.17) is 4.42 Å². The lowest BCUT2D eigenvalue weighted by Crippen LogP contribution is -2.02. The summed E-state index contributed by atoms with van der Waals surface area (Å²) < 4.78 is 33.2. The SMILES string of the molecule is COS(=O)(=O)c1ccc(Cc2nc3ccccc3o2)cc1. The van der Waals surface area contributed by atoms with Gasteiger partial charge in [0.25, 0.3) is 10.1 Å². The van der Waals surface area contributed by atoms with Crippen molar-refractivity contribution in [2.24, 2.45) is 0 Å². The summed E-state index contributed by atoms with van der Waals surface area (Å²) >= 11 is 0. The van der Waals surface area contributed by atoms with E-state index in [1.807, 2.05) is 24.3 Å². The fourth-order valence-corrected chi connectivity index (χ4v) is 2.70. The molecule has 108 valence electrons. The number of aromatic nitrogens is 1. The van der Waals surface area contributed by atoms with E-state index in [2.05, 4.69) is 9.17 Å². The molecule has 0 N–H and O–H groups in total. The van der Waals surface area contributed by atoms with Crippen molar-refractivity contribution in [1.29, 1.82) is 0 Å². The zero-order valence-corrected chi connectivity index (χ0v) is 12.1. The molecule has 3 rings (SSSR count). The van der Waals surface area contributed by atoms with Crippen molar-refractivity contribution in [2.75, 3.05) is 7.11 Å². The van der Waals surface area contributed by atoms with E-state index in [9.17, 15) is 8.42 Å². The molecule has 0 amide bonds. The van der Waals surface area contributed by atoms with E-state index in [0.29, 0.717) is 12.3 Å². The third-order valence-electron chi connectivity index (χ3n) is 3.12. The number of benzene rings is 2. The van der Waals surface area contributed by atoms with Gasteiger partial charge in [-0.25, -0.2) is 4.98 Å². The molecule has 21 heavy (non-hydrogen) atoms. The van der Waals surface area contributed by atoms with E-state index < -0.39 is 10.1 Å². The zero-order valence-electron chi connectivity index (χ0n) is 11.3. The van der Waals surface area contributed by atoms with Crippen molar-refractivity contribution < 1.29 is 17.0 Å². The third kappa shape index (κ3) is 2.81. The maximum Gasteiger partial charge on any atom is 0.296 e. The van der Waals surface area contributed by atoms with E-state index in [1.165, 1.54) is 12.1 Å². The van der Waals surface area contributed by atoms with Crippen molar-refractivity contribution in [3.8, 4) is 0 Å². The van der Waals surface area contributed by atoms with Gasteiger partial charge < -0.3 is 4.42 Å². The lowest BCUT2D eigenvalue weighted by molar-refractivity contribution is 0.398. The van der Waals surface area contributed by atoms with Gasteiger partial charge in [-0.15, -0.1) is 0 Å². The summed E-state index contributed by atoms with van der Waals surface area (Å²) in [7, 11) is -2.51. The van der Waals surface area contributed by atoms with Gasteiger partial charge in [-0.05, 0) is 29.8 Å². The smallest absolute Gasteiger partial charge is 0.296 e. The molecule has 1 aromatic heterocycles. The number of hydrogen-bond acceptors (Lipinski definition) is 5. The van der Waals surface area contributed by atoms with E-state index in [-0.39, 0.29) is 4.90 Å². The lowest BCUT2D eigenvalue weighted by Gasteiger charge is -2.02. The molecule has 0 fully saturated rings. The second-order valence-electron chi connectivity index (χ2n) is 4.52. The molecule has 2 aromatic carbocycles. The first-order chi connectivity index (χ1) is 10.1. The van der Waals surface area contributed by atoms with Crippen molar-refractivity contribution >= 4 is 21.2 Å². The Kier molecular flexibility index (Phi) is 3.48. The molecule has 0 saturated carbocycles. The standard InChI is InChI=1S/C15H13NO4S/c1-19-21(17,18)12-8-6-11(7-9-12)10-15-16-13-4-2-3-5-14(13)20-15/h2-9H,10H2,1H3. The summed E-state index contributed by atoms with van der Waals surface area (Å²) in [4.78, 5) is 4.52. The summed E-state index contributed by atoms with van der Waals surface area (Å²) in [6.07, 6.45) is 0.502. The quantitative estimate of drug-likeness (QED) is 0.693. The minimum atomic E-state index is -3.65. The predicted molar refractivity (Wildman–Crippen MR) is 77.5 cm³/mol. The Labute approximate surface area is 122 Å². The first kappa shape index (κ1) is 13.8. The molecule has 5 nitrogen and oxygen atoms in total. The van der Waals surface area contributed by atoms with Crippen molar-refractivity contribution in [2.45, 2.75) is 11.3 Å². The van der Waals surface area contributed by atoms with Crippen LogP contribution in [0.25, 0.3) is 11.1 Å². The van der Waals surface area contributed by atoms with Crippen LogP contribution in [0.2, 0.25) is 0 Å². The van der Waals surface area contributed by atoms with E-state index >= 15 is 0 Å². The molecule has 0 spiro atoms. The van der Waals surface area contributed by atoms with Gasteiger partial charge in [0.15, 0.2) is 11.5 Å². The van der Waals surface area contributed by atoms with Gasteiger partial charge in [-0.1, -0.05) is 24.3 Å². The molecule has 1 heterocycles. The largest absolute Gasteiger partial charge is 0.440 e. The molecular formula is C15H13NO4S. The van der Waals surface area contributed by atoms with Crippen LogP contribution in [0.15, 0.2) is 57.8 Å². The van der Waals surface area contributed by atoms with Crippen molar-refractivity contribution in [3.05, 3.63) is 60.0 Å². The first-order valence-electron chi connectivity index (χ1n) is 6.32. The average molecular weight is 303 g/mol. The van der Waals surface area contributed by atoms with Crippen LogP contribution in [0, 0.1) is 0 Å². The molecule has 0 aliphatic carbocycles. The Balaban J connectivity index is 1.85. The Bertz CT molecular complexity index is 833. The molecule has 0 bridgehead atoms. The van der Waals surface area contributed by atoms with E-state index in [1.54, 1.807) is 12.1 Å². The monoisotopic (exact) mass is 303 g/mol. The molecule has 0 aliphatic rings. The predicted octanol–water partition coefficient (Wildman–Crippen LogP) is 2.75. The van der Waals surface area contributed by atoms with Gasteiger partial charge in [0.05, 0.1) is 12.0 Å². The highest BCUT2D eigenvalue weighted by Gasteiger charge is 2.13. The minimum absolute atomic E-state index is 0.131. The van der Waals surface area contributed by atoms with Crippen LogP contribution in [0.1, 0.15) is 11.5 Å². The van der Waals surface area contributed by atoms with Crippen LogP contribution in [0.5, 0.6) is 0 Å². The van der Waals surface area contributed by atoms with Crippen LogP contribution in [0.3, 0.4) is 0 Å². The Morgan fingerprint density at radius 2 is 1.81 bits per heavy atom. The van der Waals surface area contributed by atoms with Crippen LogP contribution >= 0.6 is 0 Å². The topological polar surface area (TPSA) is 69.4 Å². The summed E-state index contributed by atoms with van der Waals surface area (Å²) in [5.41, 5.74) is 2.47. The van der Waals surface area contributed by atoms with Crippen LogP contribution < -0.4 is 0 Å². The molecule has 0 atom stereocenters. The molecule has 6 heteroatoms. The first-order valence-corrected chi connectivity index (χ1v) is 7.73. The number of nitrogens with zero attached hydrogens (tertiary/aromatic N) is 1. The number of rotatable bonds is 4. The maximum atomic E-state index is 11.5. The van der Waals surface area contributed by atoms with Crippen LogP contribution in [-0.4, -0.2) is 20.5 Å². The van der Waals surface area contributed by atoms with Gasteiger partial charge in [0.1, 0.15) is 5.52 Å². The van der Waals surface area contributed by atoms with Crippen LogP contribution in [-0.2, 0) is 20.7 Å².